The third-order valence-electron chi connectivity index (χ3n) is 3.81. The van der Waals surface area contributed by atoms with Crippen molar-refractivity contribution < 1.29 is 9.59 Å². The van der Waals surface area contributed by atoms with E-state index < -0.39 is 0 Å². The van der Waals surface area contributed by atoms with E-state index in [1.807, 2.05) is 4.90 Å². The van der Waals surface area contributed by atoms with Crippen molar-refractivity contribution in [3.8, 4) is 0 Å². The number of hydrogen-bond donors (Lipinski definition) is 0. The highest BCUT2D eigenvalue weighted by Gasteiger charge is 2.38. The standard InChI is InChI=1S/C14H22N2O2S2/c1-2-3-4-9-16-13(18)11(20-14(16)19)10-12(17)15-7-5-6-8-15/h11H,2-10H2,1H3. The number of carbonyl (C=O) groups excluding carboxylic acids is 2. The molecule has 0 aliphatic carbocycles. The van der Waals surface area contributed by atoms with Gasteiger partial charge >= 0.3 is 0 Å². The van der Waals surface area contributed by atoms with Gasteiger partial charge in [0.25, 0.3) is 0 Å². The van der Waals surface area contributed by atoms with E-state index in [2.05, 4.69) is 6.92 Å². The fourth-order valence-corrected chi connectivity index (χ4v) is 4.14. The maximum absolute atomic E-state index is 12.3. The first kappa shape index (κ1) is 15.8. The van der Waals surface area contributed by atoms with Crippen LogP contribution in [0.5, 0.6) is 0 Å². The summed E-state index contributed by atoms with van der Waals surface area (Å²) in [5.74, 6) is 0.134. The van der Waals surface area contributed by atoms with Gasteiger partial charge in [-0.05, 0) is 19.3 Å². The van der Waals surface area contributed by atoms with Crippen LogP contribution in [0.4, 0.5) is 0 Å². The molecule has 1 atom stereocenters. The quantitative estimate of drug-likeness (QED) is 0.558. The molecule has 2 rings (SSSR count). The van der Waals surface area contributed by atoms with Gasteiger partial charge in [0.2, 0.25) is 11.8 Å². The number of carbonyl (C=O) groups is 2. The summed E-state index contributed by atoms with van der Waals surface area (Å²) in [6.45, 7) is 4.52. The second kappa shape index (κ2) is 7.41. The van der Waals surface area contributed by atoms with Crippen LogP contribution in [0.2, 0.25) is 0 Å². The summed E-state index contributed by atoms with van der Waals surface area (Å²) in [5, 5.41) is -0.294. The van der Waals surface area contributed by atoms with E-state index in [-0.39, 0.29) is 17.1 Å². The van der Waals surface area contributed by atoms with Crippen LogP contribution in [0.25, 0.3) is 0 Å². The Hall–Kier alpha value is -0.620. The molecular formula is C14H22N2O2S2. The van der Waals surface area contributed by atoms with Crippen LogP contribution >= 0.6 is 24.0 Å². The molecule has 4 nitrogen and oxygen atoms in total. The normalized spacial score (nSPS) is 22.9. The molecule has 2 saturated heterocycles. The third-order valence-corrected chi connectivity index (χ3v) is 5.39. The van der Waals surface area contributed by atoms with Crippen LogP contribution in [0.1, 0.15) is 45.4 Å². The molecule has 112 valence electrons. The fourth-order valence-electron chi connectivity index (χ4n) is 2.60. The van der Waals surface area contributed by atoms with Crippen molar-refractivity contribution in [2.24, 2.45) is 0 Å². The molecule has 0 aromatic heterocycles. The van der Waals surface area contributed by atoms with Crippen molar-refractivity contribution >= 4 is 40.1 Å². The van der Waals surface area contributed by atoms with Gasteiger partial charge in [0, 0.05) is 26.1 Å². The number of likely N-dealkylation sites (tertiary alicyclic amines) is 1. The van der Waals surface area contributed by atoms with Gasteiger partial charge in [0.15, 0.2) is 0 Å². The zero-order valence-corrected chi connectivity index (χ0v) is 13.6. The molecule has 2 fully saturated rings. The Morgan fingerprint density at radius 2 is 2.05 bits per heavy atom. The van der Waals surface area contributed by atoms with Crippen LogP contribution in [-0.2, 0) is 9.59 Å². The van der Waals surface area contributed by atoms with E-state index in [9.17, 15) is 9.59 Å². The monoisotopic (exact) mass is 314 g/mol. The zero-order valence-electron chi connectivity index (χ0n) is 12.0. The molecule has 0 aromatic carbocycles. The number of thiocarbonyl (C=S) groups is 1. The highest BCUT2D eigenvalue weighted by Crippen LogP contribution is 2.30. The molecule has 20 heavy (non-hydrogen) atoms. The van der Waals surface area contributed by atoms with Gasteiger partial charge in [0.05, 0.1) is 5.25 Å². The lowest BCUT2D eigenvalue weighted by molar-refractivity contribution is -0.133. The van der Waals surface area contributed by atoms with Gasteiger partial charge in [-0.1, -0.05) is 43.7 Å². The van der Waals surface area contributed by atoms with Gasteiger partial charge < -0.3 is 4.90 Å². The van der Waals surface area contributed by atoms with Crippen LogP contribution in [0.15, 0.2) is 0 Å². The van der Waals surface area contributed by atoms with Crippen molar-refractivity contribution in [1.82, 2.24) is 9.80 Å². The molecular weight excluding hydrogens is 292 g/mol. The van der Waals surface area contributed by atoms with Gasteiger partial charge in [-0.2, -0.15) is 0 Å². The molecule has 6 heteroatoms. The summed E-state index contributed by atoms with van der Waals surface area (Å²) < 4.78 is 0.644. The van der Waals surface area contributed by atoms with Crippen molar-refractivity contribution in [2.45, 2.75) is 50.7 Å². The average Bonchev–Trinajstić information content (AvgIpc) is 3.03. The number of rotatable bonds is 6. The summed E-state index contributed by atoms with van der Waals surface area (Å²) >= 11 is 6.66. The molecule has 1 unspecified atom stereocenters. The predicted molar refractivity (Wildman–Crippen MR) is 85.6 cm³/mol. The van der Waals surface area contributed by atoms with Crippen LogP contribution in [0.3, 0.4) is 0 Å². The highest BCUT2D eigenvalue weighted by molar-refractivity contribution is 8.24. The van der Waals surface area contributed by atoms with Gasteiger partial charge in [-0.15, -0.1) is 0 Å². The maximum Gasteiger partial charge on any atom is 0.242 e. The van der Waals surface area contributed by atoms with E-state index in [0.29, 0.717) is 17.3 Å². The Balaban J connectivity index is 1.85. The number of amides is 2. The molecule has 0 saturated carbocycles. The van der Waals surface area contributed by atoms with E-state index >= 15 is 0 Å². The number of hydrogen-bond acceptors (Lipinski definition) is 4. The summed E-state index contributed by atoms with van der Waals surface area (Å²) in [7, 11) is 0. The first-order chi connectivity index (χ1) is 9.63. The van der Waals surface area contributed by atoms with E-state index in [4.69, 9.17) is 12.2 Å². The SMILES string of the molecule is CCCCCN1C(=O)C(CC(=O)N2CCCC2)SC1=S. The molecule has 0 aromatic rings. The van der Waals surface area contributed by atoms with Gasteiger partial charge in [-0.25, -0.2) is 0 Å². The summed E-state index contributed by atoms with van der Waals surface area (Å²) in [5.41, 5.74) is 0. The minimum Gasteiger partial charge on any atom is -0.343 e. The summed E-state index contributed by atoms with van der Waals surface area (Å²) in [6.07, 6.45) is 5.68. The van der Waals surface area contributed by atoms with Crippen LogP contribution in [0, 0.1) is 0 Å². The van der Waals surface area contributed by atoms with Crippen molar-refractivity contribution in [3.63, 3.8) is 0 Å². The lowest BCUT2D eigenvalue weighted by Gasteiger charge is -2.17. The molecule has 0 spiro atoms. The van der Waals surface area contributed by atoms with E-state index in [0.717, 1.165) is 45.2 Å². The molecule has 0 radical (unpaired) electrons. The lowest BCUT2D eigenvalue weighted by atomic mass is 10.2. The predicted octanol–water partition coefficient (Wildman–Crippen LogP) is 2.42. The van der Waals surface area contributed by atoms with Crippen LogP contribution < -0.4 is 0 Å². The smallest absolute Gasteiger partial charge is 0.242 e. The molecule has 2 aliphatic rings. The molecule has 0 N–H and O–H groups in total. The minimum absolute atomic E-state index is 0.0312. The zero-order chi connectivity index (χ0) is 14.5. The van der Waals surface area contributed by atoms with Crippen molar-refractivity contribution in [3.05, 3.63) is 0 Å². The Kier molecular flexibility index (Phi) is 5.84. The third kappa shape index (κ3) is 3.73. The molecule has 2 aliphatic heterocycles. The van der Waals surface area contributed by atoms with E-state index in [1.54, 1.807) is 4.90 Å². The highest BCUT2D eigenvalue weighted by atomic mass is 32.2. The lowest BCUT2D eigenvalue weighted by Crippen LogP contribution is -2.35. The first-order valence-electron chi connectivity index (χ1n) is 7.43. The van der Waals surface area contributed by atoms with Gasteiger partial charge in [-0.3, -0.25) is 14.5 Å². The van der Waals surface area contributed by atoms with Gasteiger partial charge in [0.1, 0.15) is 4.32 Å². The molecule has 0 bridgehead atoms. The Morgan fingerprint density at radius 1 is 1.35 bits per heavy atom. The topological polar surface area (TPSA) is 40.6 Å². The second-order valence-corrected chi connectivity index (χ2v) is 7.20. The van der Waals surface area contributed by atoms with Crippen molar-refractivity contribution in [2.75, 3.05) is 19.6 Å². The summed E-state index contributed by atoms with van der Waals surface area (Å²) in [4.78, 5) is 28.0. The van der Waals surface area contributed by atoms with Crippen molar-refractivity contribution in [1.29, 1.82) is 0 Å². The number of unbranched alkanes of at least 4 members (excludes halogenated alkanes) is 2. The van der Waals surface area contributed by atoms with E-state index in [1.165, 1.54) is 11.8 Å². The summed E-state index contributed by atoms with van der Waals surface area (Å²) in [6, 6.07) is 0. The minimum atomic E-state index is -0.294. The second-order valence-electron chi connectivity index (χ2n) is 5.36. The first-order valence-corrected chi connectivity index (χ1v) is 8.72. The fraction of sp³-hybridized carbons (Fsp3) is 0.786. The molecule has 2 amide bonds. The van der Waals surface area contributed by atoms with Crippen LogP contribution in [-0.4, -0.2) is 50.8 Å². The maximum atomic E-state index is 12.3. The molecule has 2 heterocycles. The Bertz CT molecular complexity index is 395. The average molecular weight is 314 g/mol. The Labute approximate surface area is 130 Å². The Morgan fingerprint density at radius 3 is 2.70 bits per heavy atom. The largest absolute Gasteiger partial charge is 0.343 e. The number of nitrogens with zero attached hydrogens (tertiary/aromatic N) is 2. The number of thioether (sulfide) groups is 1.